The molecule has 2 heteroatoms. The first kappa shape index (κ1) is 21.7. The molecular formula is C19H34OXe. The summed E-state index contributed by atoms with van der Waals surface area (Å²) in [5.74, 6) is 0.436. The Hall–Kier alpha value is 0.721. The number of hydrogen-bond donors (Lipinski definition) is 0. The summed E-state index contributed by atoms with van der Waals surface area (Å²) in [5, 5.41) is 0. The van der Waals surface area contributed by atoms with Crippen LogP contribution in [-0.4, -0.2) is 5.78 Å². The van der Waals surface area contributed by atoms with Gasteiger partial charge in [0.2, 0.25) is 0 Å². The summed E-state index contributed by atoms with van der Waals surface area (Å²) in [7, 11) is 0. The first-order valence-corrected chi connectivity index (χ1v) is 10.7. The van der Waals surface area contributed by atoms with Gasteiger partial charge in [-0.05, 0) is 0 Å². The maximum atomic E-state index is 12.3. The number of ketones is 1. The van der Waals surface area contributed by atoms with E-state index in [1.54, 1.807) is 0.0410 Å². The van der Waals surface area contributed by atoms with Crippen molar-refractivity contribution in [1.82, 2.24) is 0 Å². The van der Waals surface area contributed by atoms with Crippen LogP contribution in [0.1, 0.15) is 87.5 Å². The monoisotopic (exact) mass is 410 g/mol. The topological polar surface area (TPSA) is 17.1 Å². The third-order valence-electron chi connectivity index (χ3n) is 3.96. The van der Waals surface area contributed by atoms with Gasteiger partial charge in [-0.25, -0.2) is 0 Å². The third kappa shape index (κ3) is 4.60. The summed E-state index contributed by atoms with van der Waals surface area (Å²) in [6.07, 6.45) is 5.54. The van der Waals surface area contributed by atoms with Crippen LogP contribution in [0.2, 0.25) is 0 Å². The van der Waals surface area contributed by atoms with Gasteiger partial charge in [-0.2, -0.15) is 0 Å². The Morgan fingerprint density at radius 2 is 1.43 bits per heavy atom. The van der Waals surface area contributed by atoms with Gasteiger partial charge in [-0.15, -0.1) is 0 Å². The Morgan fingerprint density at radius 3 is 1.86 bits per heavy atom. The number of rotatable bonds is 4. The van der Waals surface area contributed by atoms with Crippen LogP contribution in [0.25, 0.3) is 0 Å². The van der Waals surface area contributed by atoms with E-state index in [9.17, 15) is 4.79 Å². The van der Waals surface area contributed by atoms with Crippen LogP contribution < -0.4 is 0 Å². The minimum absolute atomic E-state index is 0.196. The Morgan fingerprint density at radius 1 is 0.952 bits per heavy atom. The molecule has 1 aliphatic heterocycles. The molecule has 2 aliphatic rings. The summed E-state index contributed by atoms with van der Waals surface area (Å²) >= 11 is 0.196. The van der Waals surface area contributed by atoms with Crippen LogP contribution in [0.5, 0.6) is 0 Å². The average Bonchev–Trinajstić information content (AvgIpc) is 2.93. The van der Waals surface area contributed by atoms with Crippen molar-refractivity contribution in [3.05, 3.63) is 11.2 Å². The molecule has 21 heavy (non-hydrogen) atoms. The fourth-order valence-electron chi connectivity index (χ4n) is 3.57. The van der Waals surface area contributed by atoms with Crippen LogP contribution in [0.3, 0.4) is 0 Å². The third-order valence-corrected chi connectivity index (χ3v) is 6.48. The van der Waals surface area contributed by atoms with E-state index in [2.05, 4.69) is 27.7 Å². The average molecular weight is 410 g/mol. The van der Waals surface area contributed by atoms with Gasteiger partial charge in [-0.1, -0.05) is 27.7 Å². The number of hydrogen-bond acceptors (Lipinski definition) is 1. The van der Waals surface area contributed by atoms with Crippen molar-refractivity contribution < 1.29 is 49.0 Å². The van der Waals surface area contributed by atoms with Gasteiger partial charge in [0.05, 0.1) is 0 Å². The Balaban J connectivity index is 0.000000921. The quantitative estimate of drug-likeness (QED) is 0.536. The van der Waals surface area contributed by atoms with E-state index in [0.29, 0.717) is 5.78 Å². The summed E-state index contributed by atoms with van der Waals surface area (Å²) in [6, 6.07) is 0. The van der Waals surface area contributed by atoms with Crippen LogP contribution in [0.4, 0.5) is 0 Å². The van der Waals surface area contributed by atoms with Crippen molar-refractivity contribution in [2.75, 3.05) is 0 Å². The molecule has 0 bridgehead atoms. The van der Waals surface area contributed by atoms with Gasteiger partial charge >= 0.3 is 131 Å². The number of fused-ring (bicyclic) bond motifs is 1. The van der Waals surface area contributed by atoms with Crippen LogP contribution in [-0.2, 0) is 4.79 Å². The van der Waals surface area contributed by atoms with E-state index in [1.807, 2.05) is 27.7 Å². The number of carbonyl (C=O) groups is 1. The second-order valence-corrected chi connectivity index (χ2v) is 8.78. The molecular weight excluding hydrogens is 375 g/mol. The van der Waals surface area contributed by atoms with Crippen molar-refractivity contribution in [2.45, 2.75) is 87.5 Å². The molecule has 0 spiro atoms. The van der Waals surface area contributed by atoms with Gasteiger partial charge in [0.15, 0.2) is 0 Å². The first-order valence-electron chi connectivity index (χ1n) is 8.64. The molecule has 0 aromatic carbocycles. The molecule has 1 aliphatic carbocycles. The van der Waals surface area contributed by atoms with Crippen molar-refractivity contribution in [3.63, 3.8) is 0 Å². The molecule has 0 atom stereocenters. The molecule has 0 radical (unpaired) electrons. The fraction of sp³-hybridized carbons (Fsp3) is 0.737. The van der Waals surface area contributed by atoms with Gasteiger partial charge in [0.1, 0.15) is 0 Å². The fourth-order valence-corrected chi connectivity index (χ4v) is 6.53. The number of carbonyl (C=O) groups excluding carboxylic acids is 1. The summed E-state index contributed by atoms with van der Waals surface area (Å²) in [4.78, 5) is 12.3. The SMILES string of the molecule is CC.CC.CCCC1(CCC)CC(=O)C2=C(C)[Xe]C(C)=C21. The second kappa shape index (κ2) is 10.5. The Kier molecular flexibility index (Phi) is 10.8. The molecule has 124 valence electrons. The van der Waals surface area contributed by atoms with Crippen molar-refractivity contribution in [1.29, 1.82) is 0 Å². The molecule has 1 nitrogen and oxygen atoms in total. The van der Waals surface area contributed by atoms with E-state index in [0.717, 1.165) is 12.0 Å². The Bertz CT molecular complexity index is 409. The van der Waals surface area contributed by atoms with E-state index in [1.165, 1.54) is 31.3 Å². The molecule has 1 heterocycles. The standard InChI is InChI=1S/C15H22OXe.2C2H6/c1-5-7-15(8-6-2)9-12(16)13-10(3)17-11(4)14(13)15;2*1-2/h5-9H2,1-4H3;2*1-2H3. The molecule has 1 fully saturated rings. The van der Waals surface area contributed by atoms with E-state index >= 15 is 0 Å². The normalized spacial score (nSPS) is 19.3. The molecule has 1 saturated carbocycles. The molecule has 0 aromatic heterocycles. The van der Waals surface area contributed by atoms with Gasteiger partial charge in [0, 0.05) is 0 Å². The molecule has 0 N–H and O–H groups in total. The zero-order valence-electron chi connectivity index (χ0n) is 15.3. The molecule has 2 rings (SSSR count). The van der Waals surface area contributed by atoms with Crippen LogP contribution in [0.15, 0.2) is 11.2 Å². The molecule has 0 unspecified atom stereocenters. The molecule has 0 amide bonds. The van der Waals surface area contributed by atoms with Gasteiger partial charge in [0.25, 0.3) is 0 Å². The number of allylic oxidation sites excluding steroid dienone is 4. The molecule has 0 aromatic rings. The zero-order chi connectivity index (χ0) is 16.6. The van der Waals surface area contributed by atoms with Gasteiger partial charge < -0.3 is 0 Å². The summed E-state index contributed by atoms with van der Waals surface area (Å²) in [6.45, 7) is 16.9. The van der Waals surface area contributed by atoms with Crippen LogP contribution >= 0.6 is 0 Å². The predicted octanol–water partition coefficient (Wildman–Crippen LogP) is 6.24. The zero-order valence-corrected chi connectivity index (χ0v) is 17.3. The first-order chi connectivity index (χ1) is 10.1. The van der Waals surface area contributed by atoms with E-state index < -0.39 is 0 Å². The second-order valence-electron chi connectivity index (χ2n) is 5.25. The number of Topliss-reactive ketones (excluding diaryl/α,β-unsaturated/α-hetero) is 1. The molecule has 0 saturated heterocycles. The van der Waals surface area contributed by atoms with E-state index in [-0.39, 0.29) is 49.6 Å². The minimum atomic E-state index is 0.196. The maximum absolute atomic E-state index is 12.3. The van der Waals surface area contributed by atoms with E-state index in [4.69, 9.17) is 0 Å². The Labute approximate surface area is 157 Å². The van der Waals surface area contributed by atoms with Crippen molar-refractivity contribution in [2.24, 2.45) is 5.41 Å². The van der Waals surface area contributed by atoms with Crippen LogP contribution in [0, 0.1) is 49.6 Å². The summed E-state index contributed by atoms with van der Waals surface area (Å²) < 4.78 is 2.96. The summed E-state index contributed by atoms with van der Waals surface area (Å²) in [5.41, 5.74) is 2.86. The van der Waals surface area contributed by atoms with Crippen molar-refractivity contribution >= 4 is 5.78 Å². The predicted molar refractivity (Wildman–Crippen MR) is 90.0 cm³/mol. The van der Waals surface area contributed by atoms with Gasteiger partial charge in [-0.3, -0.25) is 0 Å². The van der Waals surface area contributed by atoms with Crippen molar-refractivity contribution in [3.8, 4) is 0 Å².